The van der Waals surface area contributed by atoms with E-state index in [9.17, 15) is 18.0 Å². The molecule has 2 aromatic rings. The number of rotatable bonds is 2. The van der Waals surface area contributed by atoms with E-state index in [0.717, 1.165) is 16.7 Å². The average molecular weight is 313 g/mol. The molecule has 0 atom stereocenters. The van der Waals surface area contributed by atoms with E-state index in [0.29, 0.717) is 20.6 Å². The molecule has 2 rings (SSSR count). The molecule has 0 aliphatic rings. The average Bonchev–Trinajstić information content (AvgIpc) is 2.85. The van der Waals surface area contributed by atoms with Crippen LogP contribution in [0.25, 0.3) is 0 Å². The molecular weight excluding hydrogens is 309 g/mol. The number of aromatic nitrogens is 1. The third-order valence-electron chi connectivity index (χ3n) is 1.81. The van der Waals surface area contributed by atoms with Crippen molar-refractivity contribution in [3.8, 4) is 0 Å². The highest BCUT2D eigenvalue weighted by Gasteiger charge is 2.33. The second kappa shape index (κ2) is 4.87. The summed E-state index contributed by atoms with van der Waals surface area (Å²) in [7, 11) is 0. The summed E-state index contributed by atoms with van der Waals surface area (Å²) in [6.45, 7) is 0. The zero-order chi connectivity index (χ0) is 13.3. The second-order valence-electron chi connectivity index (χ2n) is 3.09. The quantitative estimate of drug-likeness (QED) is 0.906. The van der Waals surface area contributed by atoms with Crippen molar-refractivity contribution in [2.24, 2.45) is 0 Å². The molecule has 0 aliphatic carbocycles. The first kappa shape index (κ1) is 13.3. The summed E-state index contributed by atoms with van der Waals surface area (Å²) in [6, 6.07) is 3.02. The van der Waals surface area contributed by atoms with Crippen LogP contribution in [-0.2, 0) is 6.18 Å². The van der Waals surface area contributed by atoms with Crippen molar-refractivity contribution < 1.29 is 18.0 Å². The number of amides is 1. The molecule has 2 aromatic heterocycles. The Kier molecular flexibility index (Phi) is 3.60. The van der Waals surface area contributed by atoms with E-state index in [1.165, 1.54) is 12.1 Å². The zero-order valence-electron chi connectivity index (χ0n) is 8.42. The van der Waals surface area contributed by atoms with Gasteiger partial charge in [-0.3, -0.25) is 10.1 Å². The third-order valence-corrected chi connectivity index (χ3v) is 3.80. The van der Waals surface area contributed by atoms with Crippen molar-refractivity contribution in [2.45, 2.75) is 6.18 Å². The molecule has 0 aliphatic heterocycles. The monoisotopic (exact) mass is 312 g/mol. The lowest BCUT2D eigenvalue weighted by Gasteiger charge is -2.00. The van der Waals surface area contributed by atoms with Gasteiger partial charge in [0.15, 0.2) is 10.8 Å². The fourth-order valence-electron chi connectivity index (χ4n) is 1.06. The second-order valence-corrected chi connectivity index (χ2v) is 5.67. The summed E-state index contributed by atoms with van der Waals surface area (Å²) in [5.74, 6) is -0.532. The van der Waals surface area contributed by atoms with Crippen LogP contribution >= 0.6 is 34.3 Å². The fourth-order valence-corrected chi connectivity index (χ4v) is 2.71. The molecule has 1 N–H and O–H groups in total. The van der Waals surface area contributed by atoms with Gasteiger partial charge in [0.2, 0.25) is 0 Å². The number of nitrogens with zero attached hydrogens (tertiary/aromatic N) is 1. The zero-order valence-corrected chi connectivity index (χ0v) is 10.8. The van der Waals surface area contributed by atoms with Gasteiger partial charge in [0.05, 0.1) is 9.21 Å². The van der Waals surface area contributed by atoms with Crippen molar-refractivity contribution in [1.29, 1.82) is 0 Å². The Morgan fingerprint density at radius 3 is 2.61 bits per heavy atom. The maximum atomic E-state index is 12.3. The first-order valence-corrected chi connectivity index (χ1v) is 6.53. The lowest BCUT2D eigenvalue weighted by molar-refractivity contribution is -0.140. The third kappa shape index (κ3) is 3.01. The first-order valence-electron chi connectivity index (χ1n) is 4.45. The summed E-state index contributed by atoms with van der Waals surface area (Å²) in [6.07, 6.45) is -4.51. The van der Waals surface area contributed by atoms with Gasteiger partial charge < -0.3 is 0 Å². The Labute approximate surface area is 112 Å². The van der Waals surface area contributed by atoms with Crippen molar-refractivity contribution in [2.75, 3.05) is 5.32 Å². The Bertz CT molecular complexity index is 578. The van der Waals surface area contributed by atoms with Gasteiger partial charge in [-0.25, -0.2) is 4.98 Å². The number of alkyl halides is 3. The van der Waals surface area contributed by atoms with Gasteiger partial charge in [-0.2, -0.15) is 13.2 Å². The van der Waals surface area contributed by atoms with Crippen LogP contribution in [0.5, 0.6) is 0 Å². The topological polar surface area (TPSA) is 42.0 Å². The molecule has 96 valence electrons. The maximum Gasteiger partial charge on any atom is 0.434 e. The lowest BCUT2D eigenvalue weighted by Crippen LogP contribution is -2.11. The number of carbonyl (C=O) groups excluding carboxylic acids is 1. The van der Waals surface area contributed by atoms with E-state index < -0.39 is 17.8 Å². The maximum absolute atomic E-state index is 12.3. The molecule has 0 saturated carbocycles. The minimum atomic E-state index is -4.51. The summed E-state index contributed by atoms with van der Waals surface area (Å²) in [5.41, 5.74) is -1.02. The van der Waals surface area contributed by atoms with Crippen molar-refractivity contribution in [3.63, 3.8) is 0 Å². The fraction of sp³-hybridized carbons (Fsp3) is 0.111. The van der Waals surface area contributed by atoms with E-state index >= 15 is 0 Å². The number of thiophene rings is 1. The molecule has 0 spiro atoms. The Balaban J connectivity index is 2.10. The molecule has 3 nitrogen and oxygen atoms in total. The van der Waals surface area contributed by atoms with E-state index in [4.69, 9.17) is 11.6 Å². The predicted octanol–water partition coefficient (Wildman–Crippen LogP) is 4.13. The van der Waals surface area contributed by atoms with Crippen LogP contribution in [-0.4, -0.2) is 10.9 Å². The molecule has 0 radical (unpaired) electrons. The number of nitrogens with one attached hydrogen (secondary N) is 1. The molecule has 0 fully saturated rings. The van der Waals surface area contributed by atoms with E-state index in [1.54, 1.807) is 0 Å². The van der Waals surface area contributed by atoms with Gasteiger partial charge >= 0.3 is 6.18 Å². The predicted molar refractivity (Wildman–Crippen MR) is 64.4 cm³/mol. The molecular formula is C9H4ClF3N2OS2. The smallest absolute Gasteiger partial charge is 0.297 e. The van der Waals surface area contributed by atoms with Gasteiger partial charge in [-0.1, -0.05) is 11.6 Å². The lowest BCUT2D eigenvalue weighted by atomic mass is 10.4. The first-order chi connectivity index (χ1) is 8.36. The molecule has 0 aromatic carbocycles. The van der Waals surface area contributed by atoms with Gasteiger partial charge in [-0.05, 0) is 12.1 Å². The van der Waals surface area contributed by atoms with Crippen LogP contribution in [0, 0.1) is 0 Å². The number of halogens is 4. The highest BCUT2D eigenvalue weighted by Crippen LogP contribution is 2.32. The summed E-state index contributed by atoms with van der Waals surface area (Å²) < 4.78 is 37.3. The molecule has 0 unspecified atom stereocenters. The Hall–Kier alpha value is -1.12. The molecule has 2 heterocycles. The van der Waals surface area contributed by atoms with Crippen molar-refractivity contribution >= 4 is 45.3 Å². The number of thiazole rings is 1. The van der Waals surface area contributed by atoms with Crippen molar-refractivity contribution in [3.05, 3.63) is 32.4 Å². The highest BCUT2D eigenvalue weighted by atomic mass is 35.5. The SMILES string of the molecule is O=C(Nc1nc(C(F)(F)F)cs1)c1ccc(Cl)s1. The number of carbonyl (C=O) groups is 1. The molecule has 18 heavy (non-hydrogen) atoms. The Morgan fingerprint density at radius 2 is 2.11 bits per heavy atom. The van der Waals surface area contributed by atoms with Gasteiger partial charge in [0.25, 0.3) is 5.91 Å². The molecule has 0 saturated heterocycles. The molecule has 9 heteroatoms. The van der Waals surface area contributed by atoms with Crippen LogP contribution in [0.15, 0.2) is 17.5 Å². The van der Waals surface area contributed by atoms with E-state index in [-0.39, 0.29) is 5.13 Å². The standard InChI is InChI=1S/C9H4ClF3N2OS2/c10-6-2-1-4(18-6)7(16)15-8-14-5(3-17-8)9(11,12)13/h1-3H,(H,14,15,16). The van der Waals surface area contributed by atoms with E-state index in [2.05, 4.69) is 10.3 Å². The number of hydrogen-bond donors (Lipinski definition) is 1. The van der Waals surface area contributed by atoms with Gasteiger partial charge in [0, 0.05) is 5.38 Å². The van der Waals surface area contributed by atoms with Gasteiger partial charge in [-0.15, -0.1) is 22.7 Å². The minimum absolute atomic E-state index is 0.100. The highest BCUT2D eigenvalue weighted by molar-refractivity contribution is 7.18. The van der Waals surface area contributed by atoms with Crippen molar-refractivity contribution in [1.82, 2.24) is 4.98 Å². The van der Waals surface area contributed by atoms with Gasteiger partial charge in [0.1, 0.15) is 0 Å². The van der Waals surface area contributed by atoms with Crippen LogP contribution < -0.4 is 5.32 Å². The van der Waals surface area contributed by atoms with Crippen LogP contribution in [0.3, 0.4) is 0 Å². The molecule has 0 bridgehead atoms. The van der Waals surface area contributed by atoms with E-state index in [1.807, 2.05) is 0 Å². The van der Waals surface area contributed by atoms with Crippen LogP contribution in [0.2, 0.25) is 4.34 Å². The molecule has 1 amide bonds. The van der Waals surface area contributed by atoms with Crippen LogP contribution in [0.4, 0.5) is 18.3 Å². The Morgan fingerprint density at radius 1 is 1.39 bits per heavy atom. The minimum Gasteiger partial charge on any atom is -0.297 e. The largest absolute Gasteiger partial charge is 0.434 e. The number of anilines is 1. The normalized spacial score (nSPS) is 11.6. The summed E-state index contributed by atoms with van der Waals surface area (Å²) in [5, 5.41) is 3.03. The summed E-state index contributed by atoms with van der Waals surface area (Å²) >= 11 is 7.40. The summed E-state index contributed by atoms with van der Waals surface area (Å²) in [4.78, 5) is 15.2. The van der Waals surface area contributed by atoms with Crippen LogP contribution in [0.1, 0.15) is 15.4 Å². The number of hydrogen-bond acceptors (Lipinski definition) is 4.